The minimum atomic E-state index is -3.73. The van der Waals surface area contributed by atoms with Crippen molar-refractivity contribution in [1.82, 2.24) is 19.2 Å². The molecule has 11 heteroatoms. The molecule has 1 atom stereocenters. The summed E-state index contributed by atoms with van der Waals surface area (Å²) in [5, 5.41) is 3.21. The van der Waals surface area contributed by atoms with Gasteiger partial charge in [-0.2, -0.15) is 4.31 Å². The number of hydrogen-bond donors (Lipinski definition) is 1. The Morgan fingerprint density at radius 1 is 1.43 bits per heavy atom. The van der Waals surface area contributed by atoms with Crippen molar-refractivity contribution in [2.45, 2.75) is 10.9 Å². The molecule has 0 aromatic carbocycles. The number of halogens is 3. The lowest BCUT2D eigenvalue weighted by Crippen LogP contribution is -2.49. The van der Waals surface area contributed by atoms with Crippen molar-refractivity contribution in [2.75, 3.05) is 19.6 Å². The van der Waals surface area contributed by atoms with Crippen LogP contribution in [0.1, 0.15) is 11.9 Å². The first kappa shape index (κ1) is 19.0. The van der Waals surface area contributed by atoms with Crippen LogP contribution in [0, 0.1) is 0 Å². The Bertz CT molecular complexity index is 790. The predicted octanol–water partition coefficient (Wildman–Crippen LogP) is 2.55. The van der Waals surface area contributed by atoms with E-state index in [9.17, 15) is 8.42 Å². The highest BCUT2D eigenvalue weighted by Gasteiger charge is 2.38. The SMILES string of the molecule is Cl.Cn1ccnc1C1CNCCN1S(=O)(=O)c1cc(Cl)sc1Cl. The molecule has 128 valence electrons. The molecular weight excluding hydrogens is 403 g/mol. The van der Waals surface area contributed by atoms with Gasteiger partial charge in [0.15, 0.2) is 0 Å². The summed E-state index contributed by atoms with van der Waals surface area (Å²) in [6.07, 6.45) is 3.45. The molecule has 1 N–H and O–H groups in total. The van der Waals surface area contributed by atoms with Gasteiger partial charge in [-0.15, -0.1) is 23.7 Å². The Kier molecular flexibility index (Phi) is 5.99. The van der Waals surface area contributed by atoms with Crippen LogP contribution in [0.25, 0.3) is 0 Å². The third kappa shape index (κ3) is 3.53. The Morgan fingerprint density at radius 2 is 2.17 bits per heavy atom. The van der Waals surface area contributed by atoms with E-state index in [1.54, 1.807) is 12.4 Å². The number of aryl methyl sites for hydroxylation is 1. The summed E-state index contributed by atoms with van der Waals surface area (Å²) < 4.78 is 29.7. The van der Waals surface area contributed by atoms with Crippen molar-refractivity contribution in [2.24, 2.45) is 7.05 Å². The fraction of sp³-hybridized carbons (Fsp3) is 0.417. The number of hydrogen-bond acceptors (Lipinski definition) is 5. The van der Waals surface area contributed by atoms with Gasteiger partial charge < -0.3 is 9.88 Å². The molecule has 2 aromatic heterocycles. The zero-order valence-corrected chi connectivity index (χ0v) is 16.0. The van der Waals surface area contributed by atoms with Crippen molar-refractivity contribution >= 4 is 57.0 Å². The summed E-state index contributed by atoms with van der Waals surface area (Å²) in [4.78, 5) is 4.35. The number of thiophene rings is 1. The van der Waals surface area contributed by atoms with Gasteiger partial charge >= 0.3 is 0 Å². The van der Waals surface area contributed by atoms with Crippen LogP contribution in [-0.2, 0) is 17.1 Å². The van der Waals surface area contributed by atoms with Crippen molar-refractivity contribution in [1.29, 1.82) is 0 Å². The highest BCUT2D eigenvalue weighted by molar-refractivity contribution is 7.89. The normalized spacial score (nSPS) is 19.5. The zero-order chi connectivity index (χ0) is 15.9. The van der Waals surface area contributed by atoms with E-state index in [1.165, 1.54) is 10.4 Å². The Balaban J connectivity index is 0.00000192. The molecule has 0 saturated carbocycles. The topological polar surface area (TPSA) is 67.2 Å². The number of piperazine rings is 1. The molecule has 0 amide bonds. The number of sulfonamides is 1. The smallest absolute Gasteiger partial charge is 0.246 e. The maximum atomic E-state index is 13.0. The second kappa shape index (κ2) is 7.26. The molecule has 1 aliphatic rings. The highest BCUT2D eigenvalue weighted by atomic mass is 35.5. The average molecular weight is 418 g/mol. The van der Waals surface area contributed by atoms with Crippen LogP contribution >= 0.6 is 46.9 Å². The van der Waals surface area contributed by atoms with Gasteiger partial charge in [0.25, 0.3) is 0 Å². The minimum absolute atomic E-state index is 0. The van der Waals surface area contributed by atoms with Gasteiger partial charge in [-0.25, -0.2) is 13.4 Å². The molecular formula is C12H15Cl3N4O2S2. The third-order valence-electron chi connectivity index (χ3n) is 3.56. The van der Waals surface area contributed by atoms with Crippen molar-refractivity contribution in [3.8, 4) is 0 Å². The fourth-order valence-electron chi connectivity index (χ4n) is 2.52. The largest absolute Gasteiger partial charge is 0.337 e. The molecule has 3 heterocycles. The van der Waals surface area contributed by atoms with Crippen molar-refractivity contribution in [3.63, 3.8) is 0 Å². The van der Waals surface area contributed by atoms with Gasteiger partial charge in [-0.1, -0.05) is 23.2 Å². The van der Waals surface area contributed by atoms with Gasteiger partial charge in [0.05, 0.1) is 10.4 Å². The van der Waals surface area contributed by atoms with Crippen LogP contribution in [-0.4, -0.2) is 41.9 Å². The van der Waals surface area contributed by atoms with E-state index in [-0.39, 0.29) is 27.7 Å². The van der Waals surface area contributed by atoms with E-state index in [4.69, 9.17) is 23.2 Å². The number of imidazole rings is 1. The first-order chi connectivity index (χ1) is 10.4. The van der Waals surface area contributed by atoms with Gasteiger partial charge in [0.1, 0.15) is 15.1 Å². The summed E-state index contributed by atoms with van der Waals surface area (Å²) >= 11 is 13.0. The standard InChI is InChI=1S/C12H14Cl2N4O2S2.ClH/c1-17-4-3-16-12(17)8-7-15-2-5-18(8)22(19,20)9-6-10(13)21-11(9)14;/h3-4,6,8,15H,2,5,7H2,1H3;1H. The van der Waals surface area contributed by atoms with Gasteiger partial charge in [-0.05, 0) is 6.07 Å². The number of nitrogens with zero attached hydrogens (tertiary/aromatic N) is 3. The molecule has 0 spiro atoms. The Hall–Kier alpha value is -0.350. The van der Waals surface area contributed by atoms with Crippen LogP contribution in [0.3, 0.4) is 0 Å². The van der Waals surface area contributed by atoms with Crippen molar-refractivity contribution < 1.29 is 8.42 Å². The zero-order valence-electron chi connectivity index (χ0n) is 12.1. The molecule has 3 rings (SSSR count). The summed E-state index contributed by atoms with van der Waals surface area (Å²) in [5.74, 6) is 0.688. The third-order valence-corrected chi connectivity index (χ3v) is 7.22. The predicted molar refractivity (Wildman–Crippen MR) is 94.3 cm³/mol. The summed E-state index contributed by atoms with van der Waals surface area (Å²) in [6.45, 7) is 1.43. The lowest BCUT2D eigenvalue weighted by molar-refractivity contribution is 0.258. The van der Waals surface area contributed by atoms with Crippen LogP contribution in [0.5, 0.6) is 0 Å². The molecule has 0 bridgehead atoms. The highest BCUT2D eigenvalue weighted by Crippen LogP contribution is 2.38. The second-order valence-electron chi connectivity index (χ2n) is 4.92. The lowest BCUT2D eigenvalue weighted by atomic mass is 10.2. The second-order valence-corrected chi connectivity index (χ2v) is 9.07. The van der Waals surface area contributed by atoms with Crippen LogP contribution in [0.15, 0.2) is 23.4 Å². The Labute approximate surface area is 154 Å². The molecule has 2 aromatic rings. The van der Waals surface area contributed by atoms with E-state index in [2.05, 4.69) is 10.3 Å². The maximum Gasteiger partial charge on any atom is 0.246 e. The van der Waals surface area contributed by atoms with E-state index < -0.39 is 10.0 Å². The molecule has 1 fully saturated rings. The molecule has 0 radical (unpaired) electrons. The minimum Gasteiger partial charge on any atom is -0.337 e. The molecule has 6 nitrogen and oxygen atoms in total. The molecule has 1 aliphatic heterocycles. The molecule has 1 unspecified atom stereocenters. The summed E-state index contributed by atoms with van der Waals surface area (Å²) in [7, 11) is -1.89. The van der Waals surface area contributed by atoms with E-state index >= 15 is 0 Å². The number of nitrogens with one attached hydrogen (secondary N) is 1. The lowest BCUT2D eigenvalue weighted by Gasteiger charge is -2.34. The van der Waals surface area contributed by atoms with Crippen LogP contribution in [0.4, 0.5) is 0 Å². The van der Waals surface area contributed by atoms with Crippen LogP contribution in [0.2, 0.25) is 8.67 Å². The maximum absolute atomic E-state index is 13.0. The fourth-order valence-corrected chi connectivity index (χ4v) is 6.22. The molecule has 23 heavy (non-hydrogen) atoms. The van der Waals surface area contributed by atoms with E-state index in [1.807, 2.05) is 11.6 Å². The summed E-state index contributed by atoms with van der Waals surface area (Å²) in [6, 6.07) is 1.02. The molecule has 1 saturated heterocycles. The van der Waals surface area contributed by atoms with Crippen LogP contribution < -0.4 is 5.32 Å². The first-order valence-electron chi connectivity index (χ1n) is 6.56. The average Bonchev–Trinajstić information content (AvgIpc) is 3.04. The molecule has 0 aliphatic carbocycles. The van der Waals surface area contributed by atoms with E-state index in [0.717, 1.165) is 11.3 Å². The summed E-state index contributed by atoms with van der Waals surface area (Å²) in [5.41, 5.74) is 0. The van der Waals surface area contributed by atoms with E-state index in [0.29, 0.717) is 29.8 Å². The van der Waals surface area contributed by atoms with Gasteiger partial charge in [-0.3, -0.25) is 0 Å². The quantitative estimate of drug-likeness (QED) is 0.833. The van der Waals surface area contributed by atoms with Gasteiger partial charge in [0.2, 0.25) is 10.0 Å². The first-order valence-corrected chi connectivity index (χ1v) is 9.57. The van der Waals surface area contributed by atoms with Gasteiger partial charge in [0, 0.05) is 39.1 Å². The monoisotopic (exact) mass is 416 g/mol. The number of rotatable bonds is 3. The van der Waals surface area contributed by atoms with Crippen molar-refractivity contribution in [3.05, 3.63) is 33.0 Å². The Morgan fingerprint density at radius 3 is 2.74 bits per heavy atom. The number of aromatic nitrogens is 2.